The number of piperidine rings is 1. The van der Waals surface area contributed by atoms with Crippen LogP contribution in [0.2, 0.25) is 0 Å². The monoisotopic (exact) mass is 306 g/mol. The lowest BCUT2D eigenvalue weighted by atomic mass is 10.2. The summed E-state index contributed by atoms with van der Waals surface area (Å²) in [7, 11) is -3.37. The van der Waals surface area contributed by atoms with Crippen LogP contribution in [-0.4, -0.2) is 30.8 Å². The minimum absolute atomic E-state index is 0.341. The van der Waals surface area contributed by atoms with Gasteiger partial charge in [-0.15, -0.1) is 0 Å². The van der Waals surface area contributed by atoms with Gasteiger partial charge in [0.05, 0.1) is 4.90 Å². The molecule has 3 rings (SSSR count). The van der Waals surface area contributed by atoms with E-state index in [2.05, 4.69) is 4.98 Å². The number of benzene rings is 1. The van der Waals surface area contributed by atoms with Gasteiger partial charge in [0.2, 0.25) is 10.0 Å². The Morgan fingerprint density at radius 3 is 2.33 bits per heavy atom. The van der Waals surface area contributed by atoms with Crippen molar-refractivity contribution in [3.05, 3.63) is 36.4 Å². The number of aromatic nitrogens is 1. The summed E-state index contributed by atoms with van der Waals surface area (Å²) in [6.07, 6.45) is 4.56. The van der Waals surface area contributed by atoms with Crippen molar-refractivity contribution < 1.29 is 12.8 Å². The van der Waals surface area contributed by atoms with Crippen molar-refractivity contribution in [1.82, 2.24) is 9.29 Å². The maximum atomic E-state index is 12.5. The molecule has 0 radical (unpaired) electrons. The normalized spacial score (nSPS) is 17.0. The Labute approximate surface area is 124 Å². The first kappa shape index (κ1) is 14.3. The first-order valence-electron chi connectivity index (χ1n) is 7.10. The van der Waals surface area contributed by atoms with Crippen molar-refractivity contribution in [3.63, 3.8) is 0 Å². The molecule has 0 N–H and O–H groups in total. The lowest BCUT2D eigenvalue weighted by Crippen LogP contribution is -2.35. The van der Waals surface area contributed by atoms with Gasteiger partial charge in [-0.3, -0.25) is 0 Å². The van der Waals surface area contributed by atoms with E-state index in [0.29, 0.717) is 23.9 Å². The zero-order chi connectivity index (χ0) is 14.9. The molecule has 1 aliphatic rings. The molecule has 112 valence electrons. The molecule has 1 saturated heterocycles. The van der Waals surface area contributed by atoms with E-state index in [0.717, 1.165) is 30.5 Å². The maximum absolute atomic E-state index is 12.5. The van der Waals surface area contributed by atoms with Crippen molar-refractivity contribution >= 4 is 10.0 Å². The third-order valence-electron chi connectivity index (χ3n) is 3.72. The van der Waals surface area contributed by atoms with Crippen LogP contribution in [-0.2, 0) is 10.0 Å². The second kappa shape index (κ2) is 5.61. The van der Waals surface area contributed by atoms with Gasteiger partial charge in [0, 0.05) is 25.6 Å². The summed E-state index contributed by atoms with van der Waals surface area (Å²) >= 11 is 0. The topological polar surface area (TPSA) is 63.4 Å². The van der Waals surface area contributed by atoms with E-state index < -0.39 is 10.0 Å². The highest BCUT2D eigenvalue weighted by Crippen LogP contribution is 2.24. The van der Waals surface area contributed by atoms with Crippen LogP contribution in [0, 0.1) is 6.92 Å². The van der Waals surface area contributed by atoms with Gasteiger partial charge in [-0.05, 0) is 25.0 Å². The molecule has 21 heavy (non-hydrogen) atoms. The summed E-state index contributed by atoms with van der Waals surface area (Å²) < 4.78 is 31.8. The molecule has 1 fully saturated rings. The molecule has 0 aliphatic carbocycles. The van der Waals surface area contributed by atoms with E-state index in [1.807, 2.05) is 0 Å². The van der Waals surface area contributed by atoms with Crippen molar-refractivity contribution in [1.29, 1.82) is 0 Å². The number of hydrogen-bond acceptors (Lipinski definition) is 4. The molecule has 6 heteroatoms. The van der Waals surface area contributed by atoms with E-state index in [1.54, 1.807) is 41.8 Å². The van der Waals surface area contributed by atoms with Crippen molar-refractivity contribution in [2.24, 2.45) is 0 Å². The summed E-state index contributed by atoms with van der Waals surface area (Å²) in [6.45, 7) is 3.01. The van der Waals surface area contributed by atoms with Crippen LogP contribution >= 0.6 is 0 Å². The van der Waals surface area contributed by atoms with Gasteiger partial charge >= 0.3 is 0 Å². The molecule has 0 saturated carbocycles. The van der Waals surface area contributed by atoms with E-state index in [9.17, 15) is 8.42 Å². The van der Waals surface area contributed by atoms with Gasteiger partial charge in [0.15, 0.2) is 5.89 Å². The molecular formula is C15H18N2O3S. The smallest absolute Gasteiger partial charge is 0.243 e. The van der Waals surface area contributed by atoms with Crippen LogP contribution < -0.4 is 0 Å². The van der Waals surface area contributed by atoms with Gasteiger partial charge < -0.3 is 4.42 Å². The fourth-order valence-electron chi connectivity index (χ4n) is 2.55. The molecular weight excluding hydrogens is 288 g/mol. The number of rotatable bonds is 3. The van der Waals surface area contributed by atoms with Crippen LogP contribution in [0.3, 0.4) is 0 Å². The van der Waals surface area contributed by atoms with Crippen LogP contribution in [0.25, 0.3) is 11.3 Å². The van der Waals surface area contributed by atoms with Gasteiger partial charge in [-0.1, -0.05) is 18.6 Å². The fourth-order valence-corrected chi connectivity index (χ4v) is 4.07. The molecule has 0 unspecified atom stereocenters. The quantitative estimate of drug-likeness (QED) is 0.874. The Morgan fingerprint density at radius 2 is 1.76 bits per heavy atom. The first-order valence-corrected chi connectivity index (χ1v) is 8.54. The van der Waals surface area contributed by atoms with Gasteiger partial charge in [0.1, 0.15) is 12.0 Å². The Balaban J connectivity index is 1.86. The largest absolute Gasteiger partial charge is 0.449 e. The molecule has 0 bridgehead atoms. The zero-order valence-corrected chi connectivity index (χ0v) is 12.8. The summed E-state index contributed by atoms with van der Waals surface area (Å²) in [4.78, 5) is 4.58. The highest BCUT2D eigenvalue weighted by atomic mass is 32.2. The van der Waals surface area contributed by atoms with E-state index in [4.69, 9.17) is 4.42 Å². The Hall–Kier alpha value is -1.66. The number of aryl methyl sites for hydroxylation is 1. The molecule has 1 aromatic heterocycles. The number of oxazole rings is 1. The average molecular weight is 306 g/mol. The number of sulfonamides is 1. The Bertz CT molecular complexity index is 714. The van der Waals surface area contributed by atoms with Gasteiger partial charge in [-0.25, -0.2) is 13.4 Å². The highest BCUT2D eigenvalue weighted by molar-refractivity contribution is 7.89. The van der Waals surface area contributed by atoms with Crippen molar-refractivity contribution in [2.45, 2.75) is 31.1 Å². The fraction of sp³-hybridized carbons (Fsp3) is 0.400. The Morgan fingerprint density at radius 1 is 1.10 bits per heavy atom. The van der Waals surface area contributed by atoms with E-state index >= 15 is 0 Å². The second-order valence-electron chi connectivity index (χ2n) is 5.24. The number of nitrogens with zero attached hydrogens (tertiary/aromatic N) is 2. The molecule has 2 heterocycles. The van der Waals surface area contributed by atoms with Crippen molar-refractivity contribution in [3.8, 4) is 11.3 Å². The van der Waals surface area contributed by atoms with E-state index in [-0.39, 0.29) is 0 Å². The van der Waals surface area contributed by atoms with Crippen LogP contribution in [0.15, 0.2) is 39.8 Å². The summed E-state index contributed by atoms with van der Waals surface area (Å²) in [5, 5.41) is 0. The predicted molar refractivity (Wildman–Crippen MR) is 79.3 cm³/mol. The minimum atomic E-state index is -3.37. The molecule has 0 atom stereocenters. The lowest BCUT2D eigenvalue weighted by molar-refractivity contribution is 0.346. The summed E-state index contributed by atoms with van der Waals surface area (Å²) in [5.41, 5.74) is 1.57. The molecule has 5 nitrogen and oxygen atoms in total. The van der Waals surface area contributed by atoms with Crippen LogP contribution in [0.1, 0.15) is 25.2 Å². The SMILES string of the molecule is Cc1nc(-c2ccc(S(=O)(=O)N3CCCCC3)cc2)co1. The standard InChI is InChI=1S/C15H18N2O3S/c1-12-16-15(11-20-12)13-5-7-14(8-6-13)21(18,19)17-9-3-2-4-10-17/h5-8,11H,2-4,9-10H2,1H3. The summed E-state index contributed by atoms with van der Waals surface area (Å²) in [5.74, 6) is 0.593. The lowest BCUT2D eigenvalue weighted by Gasteiger charge is -2.25. The van der Waals surface area contributed by atoms with Gasteiger partial charge in [0.25, 0.3) is 0 Å². The first-order chi connectivity index (χ1) is 10.1. The molecule has 2 aromatic rings. The average Bonchev–Trinajstić information content (AvgIpc) is 2.95. The minimum Gasteiger partial charge on any atom is -0.449 e. The third-order valence-corrected chi connectivity index (χ3v) is 5.63. The molecule has 1 aromatic carbocycles. The predicted octanol–water partition coefficient (Wildman–Crippen LogP) is 2.82. The Kier molecular flexibility index (Phi) is 3.82. The van der Waals surface area contributed by atoms with Gasteiger partial charge in [-0.2, -0.15) is 4.31 Å². The van der Waals surface area contributed by atoms with E-state index in [1.165, 1.54) is 0 Å². The second-order valence-corrected chi connectivity index (χ2v) is 7.18. The zero-order valence-electron chi connectivity index (χ0n) is 11.9. The number of hydrogen-bond donors (Lipinski definition) is 0. The third kappa shape index (κ3) is 2.87. The summed E-state index contributed by atoms with van der Waals surface area (Å²) in [6, 6.07) is 6.83. The molecule has 0 spiro atoms. The molecule has 0 amide bonds. The maximum Gasteiger partial charge on any atom is 0.243 e. The van der Waals surface area contributed by atoms with Crippen molar-refractivity contribution in [2.75, 3.05) is 13.1 Å². The van der Waals surface area contributed by atoms with Crippen LogP contribution in [0.5, 0.6) is 0 Å². The highest BCUT2D eigenvalue weighted by Gasteiger charge is 2.25. The van der Waals surface area contributed by atoms with Crippen LogP contribution in [0.4, 0.5) is 0 Å². The molecule has 1 aliphatic heterocycles.